The highest BCUT2D eigenvalue weighted by atomic mass is 16.5. The van der Waals surface area contributed by atoms with Gasteiger partial charge in [-0.15, -0.1) is 0 Å². The number of carbonyl (C=O) groups excluding carboxylic acids is 1. The molecule has 0 radical (unpaired) electrons. The van der Waals surface area contributed by atoms with Crippen LogP contribution in [0.5, 0.6) is 5.75 Å². The summed E-state index contributed by atoms with van der Waals surface area (Å²) in [4.78, 5) is 21.7. The van der Waals surface area contributed by atoms with Crippen molar-refractivity contribution in [2.45, 2.75) is 25.0 Å². The highest BCUT2D eigenvalue weighted by molar-refractivity contribution is 5.77. The number of carboxylic acid groups (broad SMARTS) is 1. The molecule has 1 heterocycles. The second kappa shape index (κ2) is 4.99. The maximum Gasteiger partial charge on any atom is 0.351 e. The maximum absolute atomic E-state index is 10.9. The van der Waals surface area contributed by atoms with Crippen LogP contribution in [0.4, 0.5) is 0 Å². The van der Waals surface area contributed by atoms with Gasteiger partial charge in [0.05, 0.1) is 0 Å². The Morgan fingerprint density at radius 2 is 2.00 bits per heavy atom. The monoisotopic (exact) mass is 265 g/mol. The Morgan fingerprint density at radius 3 is 2.47 bits per heavy atom. The SMILES string of the molecule is CC(=O)Oc1ccc(C2CN[C@@](O)(C(=O)O)C2)cc1. The minimum atomic E-state index is -1.86. The minimum Gasteiger partial charge on any atom is -0.478 e. The number of aliphatic carboxylic acids is 1. The molecule has 1 unspecified atom stereocenters. The van der Waals surface area contributed by atoms with Crippen molar-refractivity contribution in [3.63, 3.8) is 0 Å². The lowest BCUT2D eigenvalue weighted by molar-refractivity contribution is -0.160. The van der Waals surface area contributed by atoms with Gasteiger partial charge < -0.3 is 14.9 Å². The summed E-state index contributed by atoms with van der Waals surface area (Å²) in [5.74, 6) is -1.31. The summed E-state index contributed by atoms with van der Waals surface area (Å²) < 4.78 is 4.91. The van der Waals surface area contributed by atoms with Crippen LogP contribution in [0, 0.1) is 0 Å². The summed E-state index contributed by atoms with van der Waals surface area (Å²) in [6.07, 6.45) is 0.106. The molecule has 0 spiro atoms. The predicted octanol–water partition coefficient (Wildman–Crippen LogP) is 0.462. The lowest BCUT2D eigenvalue weighted by Crippen LogP contribution is -2.47. The van der Waals surface area contributed by atoms with E-state index in [2.05, 4.69) is 5.32 Å². The number of ether oxygens (including phenoxy) is 1. The van der Waals surface area contributed by atoms with E-state index in [4.69, 9.17) is 9.84 Å². The van der Waals surface area contributed by atoms with Gasteiger partial charge in [-0.1, -0.05) is 12.1 Å². The van der Waals surface area contributed by atoms with Crippen LogP contribution >= 0.6 is 0 Å². The molecule has 6 heteroatoms. The molecule has 6 nitrogen and oxygen atoms in total. The Hall–Kier alpha value is -1.92. The summed E-state index contributed by atoms with van der Waals surface area (Å²) in [7, 11) is 0. The number of rotatable bonds is 3. The molecule has 19 heavy (non-hydrogen) atoms. The predicted molar refractivity (Wildman–Crippen MR) is 65.7 cm³/mol. The number of hydrogen-bond acceptors (Lipinski definition) is 5. The average molecular weight is 265 g/mol. The van der Waals surface area contributed by atoms with E-state index in [1.54, 1.807) is 24.3 Å². The molecule has 0 aliphatic carbocycles. The van der Waals surface area contributed by atoms with E-state index in [1.165, 1.54) is 6.92 Å². The van der Waals surface area contributed by atoms with E-state index in [1.807, 2.05) is 0 Å². The Kier molecular flexibility index (Phi) is 3.55. The van der Waals surface area contributed by atoms with Crippen LogP contribution in [-0.4, -0.2) is 34.4 Å². The van der Waals surface area contributed by atoms with Crippen LogP contribution in [-0.2, 0) is 9.59 Å². The number of hydrogen-bond donors (Lipinski definition) is 3. The highest BCUT2D eigenvalue weighted by Crippen LogP contribution is 2.31. The summed E-state index contributed by atoms with van der Waals surface area (Å²) in [5, 5.41) is 21.3. The minimum absolute atomic E-state index is 0.0903. The molecule has 1 saturated heterocycles. The van der Waals surface area contributed by atoms with Crippen molar-refractivity contribution in [2.75, 3.05) is 6.54 Å². The van der Waals surface area contributed by atoms with E-state index in [9.17, 15) is 14.7 Å². The van der Waals surface area contributed by atoms with Crippen molar-refractivity contribution in [3.8, 4) is 5.75 Å². The third kappa shape index (κ3) is 2.91. The van der Waals surface area contributed by atoms with E-state index < -0.39 is 17.7 Å². The fourth-order valence-electron chi connectivity index (χ4n) is 2.17. The summed E-state index contributed by atoms with van der Waals surface area (Å²) in [5.41, 5.74) is -0.972. The Labute approximate surface area is 110 Å². The normalized spacial score (nSPS) is 26.1. The smallest absolute Gasteiger partial charge is 0.351 e. The summed E-state index contributed by atoms with van der Waals surface area (Å²) in [6, 6.07) is 6.82. The van der Waals surface area contributed by atoms with Gasteiger partial charge in [-0.25, -0.2) is 4.79 Å². The van der Waals surface area contributed by atoms with Gasteiger partial charge in [-0.3, -0.25) is 10.1 Å². The van der Waals surface area contributed by atoms with Gasteiger partial charge in [0.1, 0.15) is 5.75 Å². The molecule has 3 N–H and O–H groups in total. The van der Waals surface area contributed by atoms with E-state index in [0.717, 1.165) is 5.56 Å². The van der Waals surface area contributed by atoms with Crippen LogP contribution < -0.4 is 10.1 Å². The Morgan fingerprint density at radius 1 is 1.37 bits per heavy atom. The largest absolute Gasteiger partial charge is 0.478 e. The fourth-order valence-corrected chi connectivity index (χ4v) is 2.17. The number of carboxylic acids is 1. The highest BCUT2D eigenvalue weighted by Gasteiger charge is 2.43. The van der Waals surface area contributed by atoms with Gasteiger partial charge >= 0.3 is 11.9 Å². The molecule has 1 fully saturated rings. The average Bonchev–Trinajstić information content (AvgIpc) is 2.74. The molecule has 1 aromatic carbocycles. The van der Waals surface area contributed by atoms with Gasteiger partial charge in [0.15, 0.2) is 0 Å². The molecule has 0 bridgehead atoms. The lowest BCUT2D eigenvalue weighted by Gasteiger charge is -2.16. The zero-order valence-corrected chi connectivity index (χ0v) is 10.4. The zero-order chi connectivity index (χ0) is 14.0. The molecule has 1 aromatic rings. The third-order valence-corrected chi connectivity index (χ3v) is 3.15. The van der Waals surface area contributed by atoms with Crippen LogP contribution in [0.25, 0.3) is 0 Å². The number of carbonyl (C=O) groups is 2. The molecule has 0 saturated carbocycles. The zero-order valence-electron chi connectivity index (χ0n) is 10.4. The molecule has 2 atom stereocenters. The molecule has 1 aliphatic heterocycles. The van der Waals surface area contributed by atoms with Gasteiger partial charge in [0, 0.05) is 25.8 Å². The molecular formula is C13H15NO5. The number of benzene rings is 1. The van der Waals surface area contributed by atoms with Gasteiger partial charge in [-0.05, 0) is 17.7 Å². The molecule has 1 aliphatic rings. The first kappa shape index (κ1) is 13.5. The first-order valence-electron chi connectivity index (χ1n) is 5.90. The van der Waals surface area contributed by atoms with Crippen molar-refractivity contribution in [3.05, 3.63) is 29.8 Å². The number of nitrogens with one attached hydrogen (secondary N) is 1. The molecular weight excluding hydrogens is 250 g/mol. The van der Waals surface area contributed by atoms with Crippen LogP contribution in [0.2, 0.25) is 0 Å². The van der Waals surface area contributed by atoms with E-state index in [-0.39, 0.29) is 12.3 Å². The van der Waals surface area contributed by atoms with Crippen LogP contribution in [0.3, 0.4) is 0 Å². The van der Waals surface area contributed by atoms with Crippen molar-refractivity contribution in [1.82, 2.24) is 5.32 Å². The third-order valence-electron chi connectivity index (χ3n) is 3.15. The topological polar surface area (TPSA) is 95.9 Å². The Balaban J connectivity index is 2.08. The number of aliphatic hydroxyl groups is 1. The quantitative estimate of drug-likeness (QED) is 0.543. The van der Waals surface area contributed by atoms with Crippen LogP contribution in [0.15, 0.2) is 24.3 Å². The molecule has 0 amide bonds. The fraction of sp³-hybridized carbons (Fsp3) is 0.385. The summed E-state index contributed by atoms with van der Waals surface area (Å²) in [6.45, 7) is 1.71. The van der Waals surface area contributed by atoms with Crippen LogP contribution in [0.1, 0.15) is 24.8 Å². The van der Waals surface area contributed by atoms with Crippen molar-refractivity contribution in [1.29, 1.82) is 0 Å². The van der Waals surface area contributed by atoms with Gasteiger partial charge in [0.2, 0.25) is 5.72 Å². The molecule has 102 valence electrons. The second-order valence-electron chi connectivity index (χ2n) is 4.61. The second-order valence-corrected chi connectivity index (χ2v) is 4.61. The first-order valence-corrected chi connectivity index (χ1v) is 5.90. The van der Waals surface area contributed by atoms with Crippen molar-refractivity contribution >= 4 is 11.9 Å². The first-order chi connectivity index (χ1) is 8.90. The summed E-state index contributed by atoms with van der Waals surface area (Å²) >= 11 is 0. The van der Waals surface area contributed by atoms with E-state index >= 15 is 0 Å². The maximum atomic E-state index is 10.9. The van der Waals surface area contributed by atoms with Crippen molar-refractivity contribution < 1.29 is 24.5 Å². The molecule has 2 rings (SSSR count). The van der Waals surface area contributed by atoms with Gasteiger partial charge in [0.25, 0.3) is 0 Å². The van der Waals surface area contributed by atoms with Gasteiger partial charge in [-0.2, -0.15) is 0 Å². The number of esters is 1. The standard InChI is InChI=1S/C13H15NO5/c1-8(15)19-11-4-2-9(3-5-11)10-6-13(18,12(16)17)14-7-10/h2-5,10,14,18H,6-7H2,1H3,(H,16,17)/t10?,13-/m0/s1. The van der Waals surface area contributed by atoms with E-state index in [0.29, 0.717) is 12.3 Å². The lowest BCUT2D eigenvalue weighted by atomic mass is 9.95. The Bertz CT molecular complexity index is 498. The van der Waals surface area contributed by atoms with Crippen molar-refractivity contribution in [2.24, 2.45) is 0 Å². The molecule has 0 aromatic heterocycles.